The Morgan fingerprint density at radius 3 is 2.28 bits per heavy atom. The molecule has 0 unspecified atom stereocenters. The van der Waals surface area contributed by atoms with E-state index in [1.54, 1.807) is 6.20 Å². The Morgan fingerprint density at radius 1 is 1.28 bits per heavy atom. The van der Waals surface area contributed by atoms with Crippen LogP contribution in [-0.2, 0) is 22.9 Å². The van der Waals surface area contributed by atoms with Crippen molar-refractivity contribution in [3.05, 3.63) is 29.6 Å². The van der Waals surface area contributed by atoms with Crippen molar-refractivity contribution in [1.29, 1.82) is 0 Å². The molecule has 1 N–H and O–H groups in total. The number of aromatic nitrogens is 1. The summed E-state index contributed by atoms with van der Waals surface area (Å²) in [6.45, 7) is 6.72. The van der Waals surface area contributed by atoms with Crippen LogP contribution < -0.4 is 4.72 Å². The average Bonchev–Trinajstić information content (AvgIpc) is 2.29. The van der Waals surface area contributed by atoms with E-state index >= 15 is 0 Å². The van der Waals surface area contributed by atoms with Crippen LogP contribution in [0.3, 0.4) is 0 Å². The molecule has 5 heteroatoms. The molecular weight excluding hydrogens is 248 g/mol. The highest BCUT2D eigenvalue weighted by Gasteiger charge is 2.00. The Labute approximate surface area is 112 Å². The van der Waals surface area contributed by atoms with Gasteiger partial charge in [-0.15, -0.1) is 0 Å². The van der Waals surface area contributed by atoms with Crippen molar-refractivity contribution >= 4 is 10.0 Å². The van der Waals surface area contributed by atoms with Crippen molar-refractivity contribution in [2.24, 2.45) is 0 Å². The fraction of sp³-hybridized carbons (Fsp3) is 0.615. The first-order chi connectivity index (χ1) is 8.42. The lowest BCUT2D eigenvalue weighted by Gasteiger charge is -2.03. The van der Waals surface area contributed by atoms with Crippen LogP contribution in [0.15, 0.2) is 18.3 Å². The van der Waals surface area contributed by atoms with E-state index in [-0.39, 0.29) is 1.43 Å². The molecule has 106 valence electrons. The lowest BCUT2D eigenvalue weighted by atomic mass is 10.2. The molecule has 0 fully saturated rings. The molecule has 1 aromatic rings. The van der Waals surface area contributed by atoms with Crippen molar-refractivity contribution in [1.82, 2.24) is 9.71 Å². The largest absolute Gasteiger partial charge is 0.261 e. The topological polar surface area (TPSA) is 59.1 Å². The zero-order valence-electron chi connectivity index (χ0n) is 11.7. The molecule has 0 aliphatic heterocycles. The third-order valence-electron chi connectivity index (χ3n) is 2.03. The number of rotatable bonds is 5. The molecule has 0 bridgehead atoms. The summed E-state index contributed by atoms with van der Waals surface area (Å²) in [5.41, 5.74) is 2.10. The van der Waals surface area contributed by atoms with Crippen LogP contribution >= 0.6 is 0 Å². The number of aryl methyl sites for hydroxylation is 1. The van der Waals surface area contributed by atoms with Crippen LogP contribution in [0.5, 0.6) is 0 Å². The number of nitrogens with zero attached hydrogens (tertiary/aromatic N) is 1. The first-order valence-corrected chi connectivity index (χ1v) is 8.20. The predicted molar refractivity (Wildman–Crippen MR) is 78.2 cm³/mol. The van der Waals surface area contributed by atoms with Crippen molar-refractivity contribution in [3.63, 3.8) is 0 Å². The van der Waals surface area contributed by atoms with Gasteiger partial charge in [0, 0.05) is 19.9 Å². The Morgan fingerprint density at radius 2 is 1.89 bits per heavy atom. The molecule has 0 saturated carbocycles. The summed E-state index contributed by atoms with van der Waals surface area (Å²) < 4.78 is 24.0. The van der Waals surface area contributed by atoms with Gasteiger partial charge in [-0.25, -0.2) is 13.1 Å². The Balaban J connectivity index is 0. The van der Waals surface area contributed by atoms with Gasteiger partial charge in [0.15, 0.2) is 0 Å². The molecule has 1 aromatic heterocycles. The average molecular weight is 274 g/mol. The molecule has 1 heterocycles. The molecule has 0 spiro atoms. The number of sulfonamides is 1. The second kappa shape index (κ2) is 9.05. The smallest absolute Gasteiger partial charge is 0.208 e. The zero-order valence-corrected chi connectivity index (χ0v) is 12.5. The monoisotopic (exact) mass is 274 g/mol. The van der Waals surface area contributed by atoms with Crippen LogP contribution in [0.1, 0.15) is 39.9 Å². The van der Waals surface area contributed by atoms with Gasteiger partial charge in [-0.05, 0) is 24.5 Å². The lowest BCUT2D eigenvalue weighted by Crippen LogP contribution is -2.24. The molecule has 0 aliphatic carbocycles. The summed E-state index contributed by atoms with van der Waals surface area (Å²) in [5.74, 6) is 0. The van der Waals surface area contributed by atoms with Gasteiger partial charge in [-0.1, -0.05) is 33.3 Å². The van der Waals surface area contributed by atoms with Crippen molar-refractivity contribution in [3.8, 4) is 0 Å². The number of pyridine rings is 1. The number of hydrogen-bond donors (Lipinski definition) is 1. The summed E-state index contributed by atoms with van der Waals surface area (Å²) >= 11 is 0. The number of nitrogens with one attached hydrogen (secondary N) is 1. The van der Waals surface area contributed by atoms with E-state index in [4.69, 9.17) is 0 Å². The molecule has 18 heavy (non-hydrogen) atoms. The van der Waals surface area contributed by atoms with Crippen LogP contribution in [0.2, 0.25) is 0 Å². The number of hydrogen-bond acceptors (Lipinski definition) is 3. The minimum atomic E-state index is -3.08. The first kappa shape index (κ1) is 17.1. The molecule has 4 nitrogen and oxygen atoms in total. The quantitative estimate of drug-likeness (QED) is 0.897. The Kier molecular flexibility index (Phi) is 8.58. The molecule has 0 aromatic carbocycles. The third kappa shape index (κ3) is 9.13. The van der Waals surface area contributed by atoms with Gasteiger partial charge in [-0.2, -0.15) is 0 Å². The van der Waals surface area contributed by atoms with Crippen molar-refractivity contribution in [2.75, 3.05) is 12.8 Å². The Bertz CT molecular complexity index is 419. The standard InChI is InChI=1S/C10H16N2O2S.C3H8.H2/c1-3-10-5-4-9(8-11-10)6-7-12-15(2,13)14;1-3-2;/h4-5,8,12H,3,6-7H2,1-2H3;3H2,1-2H3;1H. The molecule has 0 radical (unpaired) electrons. The highest BCUT2D eigenvalue weighted by atomic mass is 32.2. The molecule has 0 saturated heterocycles. The van der Waals surface area contributed by atoms with Gasteiger partial charge in [0.05, 0.1) is 6.26 Å². The molecule has 0 aliphatic rings. The van der Waals surface area contributed by atoms with Gasteiger partial charge in [0.25, 0.3) is 0 Å². The summed E-state index contributed by atoms with van der Waals surface area (Å²) in [5, 5.41) is 0. The van der Waals surface area contributed by atoms with Crippen LogP contribution in [-0.4, -0.2) is 26.2 Å². The van der Waals surface area contributed by atoms with Gasteiger partial charge < -0.3 is 0 Å². The maximum atomic E-state index is 10.8. The molecular formula is C13H26N2O2S. The molecule has 0 amide bonds. The summed E-state index contributed by atoms with van der Waals surface area (Å²) in [7, 11) is -3.08. The molecule has 0 atom stereocenters. The van der Waals surface area contributed by atoms with E-state index in [0.29, 0.717) is 13.0 Å². The highest BCUT2D eigenvalue weighted by molar-refractivity contribution is 7.88. The van der Waals surface area contributed by atoms with Crippen molar-refractivity contribution in [2.45, 2.75) is 40.0 Å². The second-order valence-electron chi connectivity index (χ2n) is 4.13. The fourth-order valence-electron chi connectivity index (χ4n) is 1.19. The lowest BCUT2D eigenvalue weighted by molar-refractivity contribution is 0.588. The zero-order chi connectivity index (χ0) is 14.0. The normalized spacial score (nSPS) is 10.7. The van der Waals surface area contributed by atoms with E-state index in [1.165, 1.54) is 6.42 Å². The summed E-state index contributed by atoms with van der Waals surface area (Å²) in [6.07, 6.45) is 5.79. The second-order valence-corrected chi connectivity index (χ2v) is 5.97. The summed E-state index contributed by atoms with van der Waals surface area (Å²) in [6, 6.07) is 3.95. The van der Waals surface area contributed by atoms with Gasteiger partial charge >= 0.3 is 0 Å². The van der Waals surface area contributed by atoms with E-state index in [9.17, 15) is 8.42 Å². The van der Waals surface area contributed by atoms with Crippen LogP contribution in [0.4, 0.5) is 0 Å². The van der Waals surface area contributed by atoms with E-state index in [2.05, 4.69) is 23.6 Å². The maximum Gasteiger partial charge on any atom is 0.208 e. The van der Waals surface area contributed by atoms with Crippen LogP contribution in [0.25, 0.3) is 0 Å². The maximum absolute atomic E-state index is 10.8. The highest BCUT2D eigenvalue weighted by Crippen LogP contribution is 2.01. The van der Waals surface area contributed by atoms with Gasteiger partial charge in [0.2, 0.25) is 10.0 Å². The van der Waals surface area contributed by atoms with E-state index < -0.39 is 10.0 Å². The minimum absolute atomic E-state index is 0. The van der Waals surface area contributed by atoms with Crippen molar-refractivity contribution < 1.29 is 9.84 Å². The van der Waals surface area contributed by atoms with Gasteiger partial charge in [-0.3, -0.25) is 4.98 Å². The summed E-state index contributed by atoms with van der Waals surface area (Å²) in [4.78, 5) is 4.24. The first-order valence-electron chi connectivity index (χ1n) is 6.31. The molecule has 1 rings (SSSR count). The minimum Gasteiger partial charge on any atom is -0.261 e. The van der Waals surface area contributed by atoms with Gasteiger partial charge in [0.1, 0.15) is 0 Å². The fourth-order valence-corrected chi connectivity index (χ4v) is 1.67. The third-order valence-corrected chi connectivity index (χ3v) is 2.75. The van der Waals surface area contributed by atoms with E-state index in [0.717, 1.165) is 23.9 Å². The SMILES string of the molecule is CCC.CCc1ccc(CCNS(C)(=O)=O)cn1.[HH]. The van der Waals surface area contributed by atoms with E-state index in [1.807, 2.05) is 19.1 Å². The Hall–Kier alpha value is -0.940. The predicted octanol–water partition coefficient (Wildman–Crippen LogP) is 2.40. The van der Waals surface area contributed by atoms with Crippen LogP contribution in [0, 0.1) is 0 Å².